The molecule has 0 amide bonds. The van der Waals surface area contributed by atoms with Crippen molar-refractivity contribution >= 4 is 34.4 Å². The number of benzene rings is 2. The lowest BCUT2D eigenvalue weighted by atomic mass is 9.97. The standard InChI is InChI=1S/C21H19ClFNO4/c1-4-28-21(27)11(2)17-12(3)24(15-8-9-16(25)19(23)18(15)17)20(26)13-6-5-7-14(22)10-13/h5-11,25H,4H2,1-3H3. The SMILES string of the molecule is CCOC(=O)C(C)c1c(C)n(C(=O)c2cccc(Cl)c2)c2ccc(O)c(F)c12. The average molecular weight is 404 g/mol. The first-order chi connectivity index (χ1) is 13.3. The van der Waals surface area contributed by atoms with E-state index in [-0.39, 0.29) is 17.5 Å². The van der Waals surface area contributed by atoms with Gasteiger partial charge in [0.2, 0.25) is 0 Å². The molecule has 5 nitrogen and oxygen atoms in total. The second-order valence-electron chi connectivity index (χ2n) is 6.42. The lowest BCUT2D eigenvalue weighted by Crippen LogP contribution is -2.16. The van der Waals surface area contributed by atoms with Crippen LogP contribution in [-0.2, 0) is 9.53 Å². The maximum atomic E-state index is 14.8. The molecule has 3 aromatic rings. The molecule has 1 atom stereocenters. The smallest absolute Gasteiger partial charge is 0.313 e. The number of hydrogen-bond acceptors (Lipinski definition) is 4. The van der Waals surface area contributed by atoms with Crippen LogP contribution in [0, 0.1) is 12.7 Å². The van der Waals surface area contributed by atoms with E-state index in [4.69, 9.17) is 16.3 Å². The van der Waals surface area contributed by atoms with Crippen LogP contribution in [0.2, 0.25) is 5.02 Å². The second kappa shape index (κ2) is 7.64. The fourth-order valence-electron chi connectivity index (χ4n) is 3.41. The Morgan fingerprint density at radius 1 is 1.29 bits per heavy atom. The molecule has 0 radical (unpaired) electrons. The fraction of sp³-hybridized carbons (Fsp3) is 0.238. The van der Waals surface area contributed by atoms with Crippen LogP contribution in [0.3, 0.4) is 0 Å². The van der Waals surface area contributed by atoms with Crippen LogP contribution >= 0.6 is 11.6 Å². The van der Waals surface area contributed by atoms with Gasteiger partial charge in [-0.3, -0.25) is 14.2 Å². The van der Waals surface area contributed by atoms with Crippen molar-refractivity contribution in [3.63, 3.8) is 0 Å². The first kappa shape index (κ1) is 19.9. The molecule has 1 heterocycles. The average Bonchev–Trinajstić information content (AvgIpc) is 2.96. The number of hydrogen-bond donors (Lipinski definition) is 1. The zero-order chi connectivity index (χ0) is 20.6. The third-order valence-corrected chi connectivity index (χ3v) is 4.92. The fourth-order valence-corrected chi connectivity index (χ4v) is 3.60. The molecule has 7 heteroatoms. The monoisotopic (exact) mass is 403 g/mol. The van der Waals surface area contributed by atoms with E-state index >= 15 is 0 Å². The summed E-state index contributed by atoms with van der Waals surface area (Å²) in [5.74, 6) is -3.23. The summed E-state index contributed by atoms with van der Waals surface area (Å²) in [6.07, 6.45) is 0. The van der Waals surface area contributed by atoms with Crippen LogP contribution in [-0.4, -0.2) is 28.2 Å². The summed E-state index contributed by atoms with van der Waals surface area (Å²) in [5, 5.41) is 10.3. The molecule has 1 N–H and O–H groups in total. The summed E-state index contributed by atoms with van der Waals surface area (Å²) in [4.78, 5) is 25.5. The van der Waals surface area contributed by atoms with Crippen molar-refractivity contribution in [1.29, 1.82) is 0 Å². The number of carbonyl (C=O) groups is 2. The summed E-state index contributed by atoms with van der Waals surface area (Å²) < 4.78 is 21.2. The summed E-state index contributed by atoms with van der Waals surface area (Å²) in [5.41, 5.74) is 1.27. The third kappa shape index (κ3) is 3.24. The number of carbonyl (C=O) groups excluding carboxylic acids is 2. The first-order valence-electron chi connectivity index (χ1n) is 8.77. The molecule has 1 aromatic heterocycles. The van der Waals surface area contributed by atoms with Crippen molar-refractivity contribution in [2.24, 2.45) is 0 Å². The Hall–Kier alpha value is -2.86. The second-order valence-corrected chi connectivity index (χ2v) is 6.85. The highest BCUT2D eigenvalue weighted by Crippen LogP contribution is 2.37. The Kier molecular flexibility index (Phi) is 5.42. The molecule has 28 heavy (non-hydrogen) atoms. The molecule has 0 aliphatic carbocycles. The van der Waals surface area contributed by atoms with Gasteiger partial charge in [0.15, 0.2) is 11.6 Å². The zero-order valence-corrected chi connectivity index (χ0v) is 16.4. The number of aromatic hydroxyl groups is 1. The van der Waals surface area contributed by atoms with Gasteiger partial charge in [-0.25, -0.2) is 4.39 Å². The molecule has 3 rings (SSSR count). The Balaban J connectivity index is 2.30. The van der Waals surface area contributed by atoms with Crippen molar-refractivity contribution in [2.45, 2.75) is 26.7 Å². The van der Waals surface area contributed by atoms with E-state index in [0.29, 0.717) is 21.8 Å². The molecular weight excluding hydrogens is 385 g/mol. The predicted octanol–water partition coefficient (Wildman–Crippen LogP) is 4.80. The highest BCUT2D eigenvalue weighted by atomic mass is 35.5. The molecule has 0 saturated heterocycles. The van der Waals surface area contributed by atoms with Gasteiger partial charge in [-0.15, -0.1) is 0 Å². The van der Waals surface area contributed by atoms with Crippen LogP contribution in [0.15, 0.2) is 36.4 Å². The number of ether oxygens (including phenoxy) is 1. The number of aromatic nitrogens is 1. The van der Waals surface area contributed by atoms with E-state index in [9.17, 15) is 19.1 Å². The van der Waals surface area contributed by atoms with E-state index in [1.807, 2.05) is 0 Å². The van der Waals surface area contributed by atoms with E-state index in [0.717, 1.165) is 0 Å². The van der Waals surface area contributed by atoms with Gasteiger partial charge < -0.3 is 9.84 Å². The minimum atomic E-state index is -0.885. The Bertz CT molecular complexity index is 1090. The molecule has 2 aromatic carbocycles. The van der Waals surface area contributed by atoms with Crippen LogP contribution in [0.1, 0.15) is 41.4 Å². The Labute approximate surface area is 166 Å². The lowest BCUT2D eigenvalue weighted by molar-refractivity contribution is -0.144. The maximum absolute atomic E-state index is 14.8. The molecule has 0 fully saturated rings. The van der Waals surface area contributed by atoms with E-state index < -0.39 is 29.4 Å². The number of rotatable bonds is 4. The minimum Gasteiger partial charge on any atom is -0.505 e. The molecule has 1 unspecified atom stereocenters. The van der Waals surface area contributed by atoms with Crippen molar-refractivity contribution in [3.8, 4) is 5.75 Å². The van der Waals surface area contributed by atoms with Gasteiger partial charge >= 0.3 is 5.97 Å². The normalized spacial score (nSPS) is 12.2. The first-order valence-corrected chi connectivity index (χ1v) is 9.15. The molecule has 0 saturated carbocycles. The van der Waals surface area contributed by atoms with Gasteiger partial charge in [-0.1, -0.05) is 17.7 Å². The highest BCUT2D eigenvalue weighted by Gasteiger charge is 2.30. The number of nitrogens with zero attached hydrogens (tertiary/aromatic N) is 1. The Morgan fingerprint density at radius 2 is 2.00 bits per heavy atom. The maximum Gasteiger partial charge on any atom is 0.313 e. The minimum absolute atomic E-state index is 0.0217. The summed E-state index contributed by atoms with van der Waals surface area (Å²) >= 11 is 6.00. The lowest BCUT2D eigenvalue weighted by Gasteiger charge is -2.12. The van der Waals surface area contributed by atoms with Gasteiger partial charge in [-0.2, -0.15) is 0 Å². The van der Waals surface area contributed by atoms with E-state index in [1.54, 1.807) is 39.0 Å². The van der Waals surface area contributed by atoms with Crippen molar-refractivity contribution < 1.29 is 23.8 Å². The van der Waals surface area contributed by atoms with Crippen LogP contribution in [0.5, 0.6) is 5.75 Å². The van der Waals surface area contributed by atoms with Crippen molar-refractivity contribution in [1.82, 2.24) is 4.57 Å². The van der Waals surface area contributed by atoms with Crippen LogP contribution in [0.4, 0.5) is 4.39 Å². The topological polar surface area (TPSA) is 68.5 Å². The number of fused-ring (bicyclic) bond motifs is 1. The Morgan fingerprint density at radius 3 is 2.64 bits per heavy atom. The van der Waals surface area contributed by atoms with Gasteiger partial charge in [-0.05, 0) is 56.7 Å². The van der Waals surface area contributed by atoms with Gasteiger partial charge in [0.05, 0.1) is 18.0 Å². The van der Waals surface area contributed by atoms with E-state index in [1.165, 1.54) is 22.8 Å². The van der Waals surface area contributed by atoms with E-state index in [2.05, 4.69) is 0 Å². The third-order valence-electron chi connectivity index (χ3n) is 4.68. The largest absolute Gasteiger partial charge is 0.505 e. The number of halogens is 2. The quantitative estimate of drug-likeness (QED) is 0.635. The molecule has 0 bridgehead atoms. The molecule has 0 spiro atoms. The van der Waals surface area contributed by atoms with Crippen LogP contribution in [0.25, 0.3) is 10.9 Å². The molecular formula is C21H19ClFNO4. The van der Waals surface area contributed by atoms with Gasteiger partial charge in [0.25, 0.3) is 5.91 Å². The summed E-state index contributed by atoms with van der Waals surface area (Å²) in [7, 11) is 0. The summed E-state index contributed by atoms with van der Waals surface area (Å²) in [6.45, 7) is 5.06. The highest BCUT2D eigenvalue weighted by molar-refractivity contribution is 6.31. The van der Waals surface area contributed by atoms with Crippen molar-refractivity contribution in [2.75, 3.05) is 6.61 Å². The zero-order valence-electron chi connectivity index (χ0n) is 15.6. The molecule has 0 aliphatic rings. The number of phenolic OH excluding ortho intramolecular Hbond substituents is 1. The number of esters is 1. The number of phenols is 1. The molecule has 0 aliphatic heterocycles. The van der Waals surface area contributed by atoms with Crippen molar-refractivity contribution in [3.05, 3.63) is 64.1 Å². The molecule has 146 valence electrons. The van der Waals surface area contributed by atoms with Crippen LogP contribution < -0.4 is 0 Å². The van der Waals surface area contributed by atoms with Gasteiger partial charge in [0.1, 0.15) is 0 Å². The predicted molar refractivity (Wildman–Crippen MR) is 105 cm³/mol. The summed E-state index contributed by atoms with van der Waals surface area (Å²) in [6, 6.07) is 9.03. The van der Waals surface area contributed by atoms with Gasteiger partial charge in [0, 0.05) is 21.7 Å².